The maximum absolute atomic E-state index is 10.7. The van der Waals surface area contributed by atoms with E-state index < -0.39 is 4.92 Å². The topological polar surface area (TPSA) is 103 Å². The first-order valence-corrected chi connectivity index (χ1v) is 5.45. The Hall–Kier alpha value is -2.22. The minimum Gasteiger partial charge on any atom is -0.493 e. The Morgan fingerprint density at radius 2 is 2.44 bits per heavy atom. The summed E-state index contributed by atoms with van der Waals surface area (Å²) in [5.74, 6) is 0.497. The third-order valence-electron chi connectivity index (χ3n) is 1.88. The SMILES string of the molecule is CCOc1ccc([N+](=O)[O-])cc1C=NNC(N)=S. The Morgan fingerprint density at radius 1 is 1.72 bits per heavy atom. The van der Waals surface area contributed by atoms with Crippen LogP contribution >= 0.6 is 12.2 Å². The highest BCUT2D eigenvalue weighted by atomic mass is 32.1. The van der Waals surface area contributed by atoms with Gasteiger partial charge >= 0.3 is 0 Å². The molecule has 0 atom stereocenters. The second kappa shape index (κ2) is 6.50. The van der Waals surface area contributed by atoms with Crippen LogP contribution in [-0.2, 0) is 0 Å². The fourth-order valence-electron chi connectivity index (χ4n) is 1.20. The molecule has 0 aliphatic carbocycles. The van der Waals surface area contributed by atoms with Gasteiger partial charge in [-0.15, -0.1) is 0 Å². The molecular weight excluding hydrogens is 256 g/mol. The third-order valence-corrected chi connectivity index (χ3v) is 1.97. The van der Waals surface area contributed by atoms with Crippen molar-refractivity contribution >= 4 is 29.2 Å². The van der Waals surface area contributed by atoms with E-state index in [2.05, 4.69) is 22.7 Å². The zero-order valence-corrected chi connectivity index (χ0v) is 10.4. The summed E-state index contributed by atoms with van der Waals surface area (Å²) in [6.07, 6.45) is 1.36. The predicted molar refractivity (Wildman–Crippen MR) is 71.8 cm³/mol. The molecule has 8 heteroatoms. The Balaban J connectivity index is 3.02. The van der Waals surface area contributed by atoms with Crippen molar-refractivity contribution in [3.63, 3.8) is 0 Å². The van der Waals surface area contributed by atoms with Crippen LogP contribution in [0.1, 0.15) is 12.5 Å². The minimum atomic E-state index is -0.492. The number of nitrogens with one attached hydrogen (secondary N) is 1. The Labute approximate surface area is 109 Å². The number of thiocarbonyl (C=S) groups is 1. The smallest absolute Gasteiger partial charge is 0.270 e. The lowest BCUT2D eigenvalue weighted by Gasteiger charge is -2.06. The van der Waals surface area contributed by atoms with Crippen LogP contribution in [0, 0.1) is 10.1 Å². The normalized spacial score (nSPS) is 10.3. The van der Waals surface area contributed by atoms with Gasteiger partial charge in [-0.2, -0.15) is 5.10 Å². The third kappa shape index (κ3) is 3.98. The van der Waals surface area contributed by atoms with Gasteiger partial charge in [0.15, 0.2) is 5.11 Å². The lowest BCUT2D eigenvalue weighted by Crippen LogP contribution is -2.24. The maximum atomic E-state index is 10.7. The summed E-state index contributed by atoms with van der Waals surface area (Å²) in [5.41, 5.74) is 7.99. The van der Waals surface area contributed by atoms with Crippen LogP contribution in [0.2, 0.25) is 0 Å². The van der Waals surface area contributed by atoms with Gasteiger partial charge in [-0.1, -0.05) is 0 Å². The zero-order chi connectivity index (χ0) is 13.5. The van der Waals surface area contributed by atoms with Gasteiger partial charge in [0.25, 0.3) is 5.69 Å². The van der Waals surface area contributed by atoms with Crippen LogP contribution in [-0.4, -0.2) is 22.9 Å². The quantitative estimate of drug-likeness (QED) is 0.359. The van der Waals surface area contributed by atoms with Crippen molar-refractivity contribution in [2.24, 2.45) is 10.8 Å². The van der Waals surface area contributed by atoms with Gasteiger partial charge < -0.3 is 10.5 Å². The molecular formula is C10H12N4O3S. The summed E-state index contributed by atoms with van der Waals surface area (Å²) in [6.45, 7) is 2.26. The molecule has 18 heavy (non-hydrogen) atoms. The van der Waals surface area contributed by atoms with Gasteiger partial charge in [-0.3, -0.25) is 15.5 Å². The van der Waals surface area contributed by atoms with Crippen molar-refractivity contribution in [1.29, 1.82) is 0 Å². The fraction of sp³-hybridized carbons (Fsp3) is 0.200. The molecule has 0 spiro atoms. The number of hydrogen-bond donors (Lipinski definition) is 2. The second-order valence-corrected chi connectivity index (χ2v) is 3.59. The number of benzene rings is 1. The van der Waals surface area contributed by atoms with Crippen molar-refractivity contribution in [1.82, 2.24) is 5.43 Å². The standard InChI is InChI=1S/C10H12N4O3S/c1-2-17-9-4-3-8(14(15)16)5-7(9)6-12-13-10(11)18/h3-6H,2H2,1H3,(H3,11,13,18). The molecule has 0 amide bonds. The Bertz CT molecular complexity index is 490. The second-order valence-electron chi connectivity index (χ2n) is 3.15. The zero-order valence-electron chi connectivity index (χ0n) is 9.62. The predicted octanol–water partition coefficient (Wildman–Crippen LogP) is 1.16. The van der Waals surface area contributed by atoms with Gasteiger partial charge in [0.1, 0.15) is 5.75 Å². The van der Waals surface area contributed by atoms with E-state index in [1.165, 1.54) is 24.4 Å². The molecule has 1 aromatic rings. The van der Waals surface area contributed by atoms with Crippen LogP contribution in [0.15, 0.2) is 23.3 Å². The molecule has 0 bridgehead atoms. The summed E-state index contributed by atoms with van der Waals surface area (Å²) in [6, 6.07) is 4.24. The Kier molecular flexibility index (Phi) is 5.00. The van der Waals surface area contributed by atoms with Gasteiger partial charge in [0.05, 0.1) is 17.7 Å². The van der Waals surface area contributed by atoms with Gasteiger partial charge in [0, 0.05) is 17.7 Å². The van der Waals surface area contributed by atoms with Gasteiger partial charge in [-0.25, -0.2) is 0 Å². The van der Waals surface area contributed by atoms with E-state index in [4.69, 9.17) is 10.5 Å². The molecule has 1 aromatic carbocycles. The molecule has 0 heterocycles. The average molecular weight is 268 g/mol. The number of nitro benzene ring substituents is 1. The largest absolute Gasteiger partial charge is 0.493 e. The molecule has 3 N–H and O–H groups in total. The molecule has 0 unspecified atom stereocenters. The van der Waals surface area contributed by atoms with Crippen LogP contribution in [0.25, 0.3) is 0 Å². The number of nitro groups is 1. The summed E-state index contributed by atoms with van der Waals surface area (Å²) in [5, 5.41) is 14.4. The van der Waals surface area contributed by atoms with E-state index >= 15 is 0 Å². The maximum Gasteiger partial charge on any atom is 0.270 e. The van der Waals surface area contributed by atoms with Gasteiger partial charge in [-0.05, 0) is 25.2 Å². The fourth-order valence-corrected chi connectivity index (χ4v) is 1.26. The molecule has 0 aliphatic heterocycles. The molecule has 0 saturated carbocycles. The molecule has 0 aliphatic rings. The molecule has 7 nitrogen and oxygen atoms in total. The number of ether oxygens (including phenoxy) is 1. The van der Waals surface area contributed by atoms with Crippen molar-refractivity contribution in [2.45, 2.75) is 6.92 Å². The van der Waals surface area contributed by atoms with E-state index in [1.54, 1.807) is 0 Å². The monoisotopic (exact) mass is 268 g/mol. The van der Waals surface area contributed by atoms with Crippen molar-refractivity contribution in [2.75, 3.05) is 6.61 Å². The highest BCUT2D eigenvalue weighted by Crippen LogP contribution is 2.22. The van der Waals surface area contributed by atoms with E-state index in [9.17, 15) is 10.1 Å². The number of nitrogens with zero attached hydrogens (tertiary/aromatic N) is 2. The lowest BCUT2D eigenvalue weighted by atomic mass is 10.2. The van der Waals surface area contributed by atoms with E-state index in [0.29, 0.717) is 17.9 Å². The lowest BCUT2D eigenvalue weighted by molar-refractivity contribution is -0.384. The first-order chi connectivity index (χ1) is 8.54. The van der Waals surface area contributed by atoms with Crippen molar-refractivity contribution < 1.29 is 9.66 Å². The highest BCUT2D eigenvalue weighted by molar-refractivity contribution is 7.80. The number of non-ortho nitro benzene ring substituents is 1. The van der Waals surface area contributed by atoms with Crippen molar-refractivity contribution in [3.8, 4) is 5.75 Å². The average Bonchev–Trinajstić information content (AvgIpc) is 2.30. The van der Waals surface area contributed by atoms with Crippen LogP contribution in [0.3, 0.4) is 0 Å². The molecule has 0 fully saturated rings. The first kappa shape index (κ1) is 13.8. The van der Waals surface area contributed by atoms with Crippen molar-refractivity contribution in [3.05, 3.63) is 33.9 Å². The minimum absolute atomic E-state index is 0.00893. The molecule has 0 saturated heterocycles. The Morgan fingerprint density at radius 3 is 3.00 bits per heavy atom. The summed E-state index contributed by atoms with van der Waals surface area (Å²) >= 11 is 4.58. The van der Waals surface area contributed by atoms with Crippen LogP contribution < -0.4 is 15.9 Å². The van der Waals surface area contributed by atoms with Crippen LogP contribution in [0.5, 0.6) is 5.75 Å². The number of nitrogens with two attached hydrogens (primary N) is 1. The molecule has 0 aromatic heterocycles. The first-order valence-electron chi connectivity index (χ1n) is 5.04. The molecule has 0 radical (unpaired) electrons. The van der Waals surface area contributed by atoms with E-state index in [0.717, 1.165) is 0 Å². The summed E-state index contributed by atoms with van der Waals surface area (Å²) < 4.78 is 5.32. The summed E-state index contributed by atoms with van der Waals surface area (Å²) in [4.78, 5) is 10.2. The van der Waals surface area contributed by atoms with E-state index in [-0.39, 0.29) is 10.8 Å². The number of hydrazone groups is 1. The highest BCUT2D eigenvalue weighted by Gasteiger charge is 2.10. The summed E-state index contributed by atoms with van der Waals surface area (Å²) in [7, 11) is 0. The number of hydrogen-bond acceptors (Lipinski definition) is 5. The molecule has 96 valence electrons. The molecule has 1 rings (SSSR count). The van der Waals surface area contributed by atoms with Crippen LogP contribution in [0.4, 0.5) is 5.69 Å². The van der Waals surface area contributed by atoms with Gasteiger partial charge in [0.2, 0.25) is 0 Å². The number of rotatable bonds is 5. The van der Waals surface area contributed by atoms with E-state index in [1.807, 2.05) is 6.92 Å².